The summed E-state index contributed by atoms with van der Waals surface area (Å²) in [6.07, 6.45) is 2.30. The van der Waals surface area contributed by atoms with Crippen molar-refractivity contribution >= 4 is 11.9 Å². The Morgan fingerprint density at radius 3 is 2.71 bits per heavy atom. The second-order valence-corrected chi connectivity index (χ2v) is 4.65. The van der Waals surface area contributed by atoms with Gasteiger partial charge in [-0.05, 0) is 25.7 Å². The predicted molar refractivity (Wildman–Crippen MR) is 66.0 cm³/mol. The van der Waals surface area contributed by atoms with Crippen LogP contribution < -0.4 is 15.4 Å². The summed E-state index contributed by atoms with van der Waals surface area (Å²) in [7, 11) is 1.53. The van der Waals surface area contributed by atoms with Gasteiger partial charge in [0, 0.05) is 12.6 Å². The van der Waals surface area contributed by atoms with Gasteiger partial charge in [-0.15, -0.1) is 0 Å². The van der Waals surface area contributed by atoms with Crippen molar-refractivity contribution < 1.29 is 4.74 Å². The monoisotopic (exact) mass is 237 g/mol. The number of hydrogen-bond donors (Lipinski definition) is 1. The fourth-order valence-corrected chi connectivity index (χ4v) is 2.29. The van der Waals surface area contributed by atoms with Crippen LogP contribution in [0.4, 0.5) is 11.9 Å². The number of anilines is 2. The third-order valence-electron chi connectivity index (χ3n) is 3.20. The van der Waals surface area contributed by atoms with Gasteiger partial charge >= 0.3 is 6.01 Å². The van der Waals surface area contributed by atoms with Gasteiger partial charge in [0.2, 0.25) is 11.9 Å². The van der Waals surface area contributed by atoms with Crippen molar-refractivity contribution in [1.29, 1.82) is 0 Å². The molecule has 1 fully saturated rings. The lowest BCUT2D eigenvalue weighted by Crippen LogP contribution is -2.41. The van der Waals surface area contributed by atoms with Crippen LogP contribution in [0.5, 0.6) is 6.01 Å². The number of rotatable bonds is 2. The molecule has 6 nitrogen and oxygen atoms in total. The predicted octanol–water partition coefficient (Wildman–Crippen LogP) is 1.09. The lowest BCUT2D eigenvalue weighted by atomic mass is 9.94. The van der Waals surface area contributed by atoms with Crippen molar-refractivity contribution in [2.24, 2.45) is 5.92 Å². The van der Waals surface area contributed by atoms with E-state index in [2.05, 4.69) is 33.7 Å². The average molecular weight is 237 g/mol. The number of nitrogens with two attached hydrogens (primary N) is 1. The number of aromatic nitrogens is 3. The molecule has 0 bridgehead atoms. The maximum absolute atomic E-state index is 5.65. The first kappa shape index (κ1) is 11.9. The highest BCUT2D eigenvalue weighted by atomic mass is 16.5. The quantitative estimate of drug-likeness (QED) is 0.829. The van der Waals surface area contributed by atoms with E-state index in [1.54, 1.807) is 0 Å². The lowest BCUT2D eigenvalue weighted by Gasteiger charge is -2.36. The molecule has 0 spiro atoms. The first-order valence-corrected chi connectivity index (χ1v) is 5.92. The normalized spacial score (nSPS) is 24.8. The van der Waals surface area contributed by atoms with Crippen LogP contribution in [0.15, 0.2) is 0 Å². The third kappa shape index (κ3) is 2.57. The SMILES string of the molecule is COc1nc(N)nc(N2CCC(C)CC2C)n1. The van der Waals surface area contributed by atoms with Crippen LogP contribution in [0.25, 0.3) is 0 Å². The zero-order valence-electron chi connectivity index (χ0n) is 10.6. The largest absolute Gasteiger partial charge is 0.467 e. The van der Waals surface area contributed by atoms with Crippen molar-refractivity contribution in [3.63, 3.8) is 0 Å². The van der Waals surface area contributed by atoms with Crippen molar-refractivity contribution in [3.8, 4) is 6.01 Å². The molecule has 94 valence electrons. The molecule has 1 aromatic heterocycles. The molecule has 2 unspecified atom stereocenters. The maximum atomic E-state index is 5.65. The van der Waals surface area contributed by atoms with Crippen molar-refractivity contribution in [3.05, 3.63) is 0 Å². The number of hydrogen-bond acceptors (Lipinski definition) is 6. The smallest absolute Gasteiger partial charge is 0.322 e. The molecule has 2 heterocycles. The Labute approximate surface area is 101 Å². The van der Waals surface area contributed by atoms with Crippen molar-refractivity contribution in [1.82, 2.24) is 15.0 Å². The Kier molecular flexibility index (Phi) is 3.31. The lowest BCUT2D eigenvalue weighted by molar-refractivity contribution is 0.362. The van der Waals surface area contributed by atoms with Gasteiger partial charge in [-0.25, -0.2) is 0 Å². The Bertz CT molecular complexity index is 397. The minimum Gasteiger partial charge on any atom is -0.467 e. The highest BCUT2D eigenvalue weighted by Gasteiger charge is 2.25. The van der Waals surface area contributed by atoms with E-state index in [0.717, 1.165) is 25.3 Å². The molecule has 0 radical (unpaired) electrons. The first-order valence-electron chi connectivity index (χ1n) is 5.92. The van der Waals surface area contributed by atoms with E-state index in [4.69, 9.17) is 10.5 Å². The van der Waals surface area contributed by atoms with E-state index in [1.807, 2.05) is 0 Å². The van der Waals surface area contributed by atoms with Gasteiger partial charge in [-0.3, -0.25) is 0 Å². The van der Waals surface area contributed by atoms with Crippen LogP contribution in [-0.4, -0.2) is 34.6 Å². The average Bonchev–Trinajstić information content (AvgIpc) is 2.28. The van der Waals surface area contributed by atoms with Crippen LogP contribution in [0.3, 0.4) is 0 Å². The van der Waals surface area contributed by atoms with E-state index in [1.165, 1.54) is 7.11 Å². The summed E-state index contributed by atoms with van der Waals surface area (Å²) in [4.78, 5) is 14.5. The summed E-state index contributed by atoms with van der Waals surface area (Å²) in [5.74, 6) is 1.58. The van der Waals surface area contributed by atoms with E-state index in [-0.39, 0.29) is 12.0 Å². The molecule has 1 aliphatic rings. The Morgan fingerprint density at radius 2 is 2.06 bits per heavy atom. The zero-order chi connectivity index (χ0) is 12.4. The van der Waals surface area contributed by atoms with Crippen LogP contribution in [-0.2, 0) is 0 Å². The zero-order valence-corrected chi connectivity index (χ0v) is 10.6. The highest BCUT2D eigenvalue weighted by molar-refractivity contribution is 5.37. The number of nitrogens with zero attached hydrogens (tertiary/aromatic N) is 4. The Morgan fingerprint density at radius 1 is 1.29 bits per heavy atom. The second kappa shape index (κ2) is 4.73. The van der Waals surface area contributed by atoms with Gasteiger partial charge in [0.15, 0.2) is 0 Å². The van der Waals surface area contributed by atoms with Gasteiger partial charge in [-0.1, -0.05) is 6.92 Å². The van der Waals surface area contributed by atoms with Crippen molar-refractivity contribution in [2.75, 3.05) is 24.3 Å². The summed E-state index contributed by atoms with van der Waals surface area (Å²) >= 11 is 0. The standard InChI is InChI=1S/C11H19N5O/c1-7-4-5-16(8(2)6-7)10-13-9(12)14-11(15-10)17-3/h7-8H,4-6H2,1-3H3,(H2,12,13,14,15). The first-order chi connectivity index (χ1) is 8.10. The minimum atomic E-state index is 0.206. The second-order valence-electron chi connectivity index (χ2n) is 4.65. The molecule has 2 rings (SSSR count). The van der Waals surface area contributed by atoms with Gasteiger partial charge in [0.1, 0.15) is 0 Å². The van der Waals surface area contributed by atoms with Gasteiger partial charge < -0.3 is 15.4 Å². The molecule has 1 aromatic rings. The summed E-state index contributed by atoms with van der Waals surface area (Å²) in [6.45, 7) is 5.41. The number of methoxy groups -OCH3 is 1. The molecular weight excluding hydrogens is 218 g/mol. The Hall–Kier alpha value is -1.59. The maximum Gasteiger partial charge on any atom is 0.322 e. The van der Waals surface area contributed by atoms with Crippen LogP contribution in [0.1, 0.15) is 26.7 Å². The fourth-order valence-electron chi connectivity index (χ4n) is 2.29. The molecule has 1 saturated heterocycles. The molecule has 0 saturated carbocycles. The fraction of sp³-hybridized carbons (Fsp3) is 0.727. The van der Waals surface area contributed by atoms with Crippen molar-refractivity contribution in [2.45, 2.75) is 32.7 Å². The van der Waals surface area contributed by atoms with E-state index >= 15 is 0 Å². The molecule has 0 amide bonds. The van der Waals surface area contributed by atoms with Crippen LogP contribution in [0, 0.1) is 5.92 Å². The summed E-state index contributed by atoms with van der Waals surface area (Å²) < 4.78 is 5.01. The summed E-state index contributed by atoms with van der Waals surface area (Å²) in [5, 5.41) is 0. The highest BCUT2D eigenvalue weighted by Crippen LogP contribution is 2.26. The summed E-state index contributed by atoms with van der Waals surface area (Å²) in [5.41, 5.74) is 5.65. The molecule has 0 aromatic carbocycles. The van der Waals surface area contributed by atoms with E-state index < -0.39 is 0 Å². The number of piperidine rings is 1. The molecule has 6 heteroatoms. The van der Waals surface area contributed by atoms with E-state index in [0.29, 0.717) is 12.0 Å². The number of nitrogen functional groups attached to an aromatic ring is 1. The summed E-state index contributed by atoms with van der Waals surface area (Å²) in [6, 6.07) is 0.698. The molecule has 0 aliphatic carbocycles. The molecule has 2 N–H and O–H groups in total. The van der Waals surface area contributed by atoms with Crippen LogP contribution in [0.2, 0.25) is 0 Å². The minimum absolute atomic E-state index is 0.206. The molecule has 1 aliphatic heterocycles. The third-order valence-corrected chi connectivity index (χ3v) is 3.20. The van der Waals surface area contributed by atoms with E-state index in [9.17, 15) is 0 Å². The molecular formula is C11H19N5O. The van der Waals surface area contributed by atoms with Crippen LogP contribution >= 0.6 is 0 Å². The van der Waals surface area contributed by atoms with Gasteiger partial charge in [0.05, 0.1) is 7.11 Å². The van der Waals surface area contributed by atoms with Gasteiger partial charge in [0.25, 0.3) is 0 Å². The topological polar surface area (TPSA) is 77.2 Å². The molecule has 2 atom stereocenters. The van der Waals surface area contributed by atoms with Gasteiger partial charge in [-0.2, -0.15) is 15.0 Å². The molecule has 17 heavy (non-hydrogen) atoms. The Balaban J connectivity index is 2.24. The number of ether oxygens (including phenoxy) is 1.